The van der Waals surface area contributed by atoms with Crippen molar-refractivity contribution in [1.82, 2.24) is 19.5 Å². The van der Waals surface area contributed by atoms with Crippen LogP contribution < -0.4 is 59.2 Å². The van der Waals surface area contributed by atoms with E-state index in [9.17, 15) is 33.6 Å². The molecule has 1 saturated heterocycles. The predicted molar refractivity (Wildman–Crippen MR) is 93.9 cm³/mol. The van der Waals surface area contributed by atoms with E-state index in [4.69, 9.17) is 25.2 Å². The molecule has 0 aromatic carbocycles. The molecule has 19 nitrogen and oxygen atoms in total. The molecule has 2 aromatic rings. The third-order valence-corrected chi connectivity index (χ3v) is 7.63. The molecule has 0 amide bonds. The number of nitrogens with one attached hydrogen (secondary N) is 1. The summed E-state index contributed by atoms with van der Waals surface area (Å²) in [7, 11) is -16.9. The minimum atomic E-state index is -5.76. The first-order valence-corrected chi connectivity index (χ1v) is 12.6. The first kappa shape index (κ1) is 31.7. The van der Waals surface area contributed by atoms with Gasteiger partial charge in [0.15, 0.2) is 11.2 Å². The summed E-state index contributed by atoms with van der Waals surface area (Å²) in [5.41, 5.74) is 4.32. The number of anilines is 1. The number of nitrogens with two attached hydrogens (primary N) is 1. The molecular formula is C10H14Li2N5O14P3. The zero-order valence-electron chi connectivity index (χ0n) is 17.2. The Kier molecular flexibility index (Phi) is 10.6. The van der Waals surface area contributed by atoms with Gasteiger partial charge in [-0.1, -0.05) is 6.10 Å². The van der Waals surface area contributed by atoms with Crippen molar-refractivity contribution >= 4 is 40.6 Å². The summed E-state index contributed by atoms with van der Waals surface area (Å²) in [6.45, 7) is -1.12. The molecule has 34 heavy (non-hydrogen) atoms. The Morgan fingerprint density at radius 2 is 1.74 bits per heavy atom. The Bertz CT molecular complexity index is 1220. The van der Waals surface area contributed by atoms with E-state index in [1.807, 2.05) is 0 Å². The summed E-state index contributed by atoms with van der Waals surface area (Å²) in [6, 6.07) is 0. The normalized spacial score (nSPS) is 26.3. The second kappa shape index (κ2) is 11.4. The Hall–Kier alpha value is -0.365. The van der Waals surface area contributed by atoms with E-state index < -0.39 is 60.2 Å². The average Bonchev–Trinajstić information content (AvgIpc) is 3.12. The van der Waals surface area contributed by atoms with Gasteiger partial charge >= 0.3 is 61.2 Å². The van der Waals surface area contributed by atoms with Crippen molar-refractivity contribution in [2.24, 2.45) is 0 Å². The molecule has 3 rings (SSSR count). The van der Waals surface area contributed by atoms with Crippen LogP contribution in [0, 0.1) is 0 Å². The first-order chi connectivity index (χ1) is 14.6. The second-order valence-corrected chi connectivity index (χ2v) is 10.6. The summed E-state index contributed by atoms with van der Waals surface area (Å²) >= 11 is 0. The monoisotopic (exact) mass is 535 g/mol. The van der Waals surface area contributed by atoms with E-state index in [0.29, 0.717) is 0 Å². The molecule has 0 saturated carbocycles. The molecule has 7 N–H and O–H groups in total. The van der Waals surface area contributed by atoms with Crippen LogP contribution in [0.3, 0.4) is 0 Å². The molecule has 1 aliphatic heterocycles. The zero-order chi connectivity index (χ0) is 24.1. The molecule has 24 heteroatoms. The van der Waals surface area contributed by atoms with Crippen LogP contribution in [0.25, 0.3) is 11.2 Å². The first-order valence-electron chi connectivity index (χ1n) is 8.06. The van der Waals surface area contributed by atoms with E-state index in [1.54, 1.807) is 0 Å². The van der Waals surface area contributed by atoms with Gasteiger partial charge in [-0.05, 0) is 0 Å². The fourth-order valence-electron chi connectivity index (χ4n) is 2.67. The van der Waals surface area contributed by atoms with Gasteiger partial charge in [-0.3, -0.25) is 18.9 Å². The molecule has 0 aliphatic carbocycles. The second-order valence-electron chi connectivity index (χ2n) is 6.16. The van der Waals surface area contributed by atoms with Crippen molar-refractivity contribution in [3.05, 3.63) is 16.7 Å². The van der Waals surface area contributed by atoms with Crippen LogP contribution in [0.5, 0.6) is 0 Å². The third kappa shape index (κ3) is 7.57. The number of nitrogen functional groups attached to an aromatic ring is 1. The molecule has 180 valence electrons. The average molecular weight is 535 g/mol. The van der Waals surface area contributed by atoms with Gasteiger partial charge in [0.05, 0.1) is 19.0 Å². The molecule has 6 atom stereocenters. The molecule has 1 fully saturated rings. The van der Waals surface area contributed by atoms with Crippen LogP contribution in [0.2, 0.25) is 0 Å². The summed E-state index contributed by atoms with van der Waals surface area (Å²) in [5.74, 6) is -0.312. The Balaban J connectivity index is 0.00000289. The number of aromatic amines is 1. The van der Waals surface area contributed by atoms with Crippen molar-refractivity contribution in [3.8, 4) is 0 Å². The molecule has 2 aromatic heterocycles. The third-order valence-electron chi connectivity index (χ3n) is 3.83. The smallest absolute Gasteiger partial charge is 0.851 e. The SMILES string of the molecule is Nc1nc2c(ncn2[C@@H]2O[C@H](COP(=O)(O)OP(=O)(O)OP(=O)(O)O)[C@@H]([O-])[C@H]2[O-])c(=O)[nH]1.[Li+].[Li+]. The minimum absolute atomic E-state index is 0. The maximum Gasteiger partial charge on any atom is 1.00 e. The van der Waals surface area contributed by atoms with Gasteiger partial charge < -0.3 is 40.3 Å². The fraction of sp³-hybridized carbons (Fsp3) is 0.500. The maximum atomic E-state index is 12.4. The van der Waals surface area contributed by atoms with Crippen LogP contribution in [0.15, 0.2) is 11.1 Å². The topological polar surface area (TPSA) is 305 Å². The van der Waals surface area contributed by atoms with E-state index in [-0.39, 0.29) is 54.8 Å². The summed E-state index contributed by atoms with van der Waals surface area (Å²) < 4.78 is 51.2. The molecule has 1 aliphatic rings. The fourth-order valence-corrected chi connectivity index (χ4v) is 5.70. The zero-order valence-corrected chi connectivity index (χ0v) is 19.9. The number of H-pyrrole nitrogens is 1. The van der Waals surface area contributed by atoms with Crippen LogP contribution in [-0.2, 0) is 31.6 Å². The summed E-state index contributed by atoms with van der Waals surface area (Å²) in [4.78, 5) is 57.0. The Morgan fingerprint density at radius 3 is 2.32 bits per heavy atom. The van der Waals surface area contributed by atoms with Gasteiger partial charge in [0.1, 0.15) is 6.23 Å². The number of imidazole rings is 1. The number of hydrogen-bond acceptors (Lipinski definition) is 13. The van der Waals surface area contributed by atoms with Crippen LogP contribution in [-0.4, -0.2) is 64.0 Å². The number of rotatable bonds is 8. The van der Waals surface area contributed by atoms with Gasteiger partial charge in [0, 0.05) is 0 Å². The molecule has 3 heterocycles. The number of ether oxygens (including phenoxy) is 1. The molecule has 0 bridgehead atoms. The van der Waals surface area contributed by atoms with E-state index >= 15 is 0 Å². The Morgan fingerprint density at radius 1 is 1.12 bits per heavy atom. The molecular weight excluding hydrogens is 521 g/mol. The van der Waals surface area contributed by atoms with E-state index in [2.05, 4.69) is 28.1 Å². The van der Waals surface area contributed by atoms with Gasteiger partial charge in [0.2, 0.25) is 5.95 Å². The van der Waals surface area contributed by atoms with Crippen molar-refractivity contribution in [3.63, 3.8) is 0 Å². The van der Waals surface area contributed by atoms with Crippen LogP contribution in [0.4, 0.5) is 5.95 Å². The van der Waals surface area contributed by atoms with Crippen molar-refractivity contribution in [1.29, 1.82) is 0 Å². The molecule has 0 radical (unpaired) electrons. The number of phosphoric acid groups is 3. The number of phosphoric ester groups is 1. The largest absolute Gasteiger partial charge is 1.00 e. The number of hydrogen-bond donors (Lipinski definition) is 6. The van der Waals surface area contributed by atoms with E-state index in [0.717, 1.165) is 10.9 Å². The van der Waals surface area contributed by atoms with Crippen molar-refractivity contribution < 1.29 is 99.1 Å². The van der Waals surface area contributed by atoms with E-state index in [1.165, 1.54) is 0 Å². The summed E-state index contributed by atoms with van der Waals surface area (Å²) in [6.07, 6.45) is -6.47. The minimum Gasteiger partial charge on any atom is -0.851 e. The van der Waals surface area contributed by atoms with Crippen LogP contribution >= 0.6 is 23.5 Å². The van der Waals surface area contributed by atoms with Gasteiger partial charge in [-0.2, -0.15) is 13.6 Å². The number of fused-ring (bicyclic) bond motifs is 1. The molecule has 0 spiro atoms. The van der Waals surface area contributed by atoms with Gasteiger partial charge in [0.25, 0.3) is 5.56 Å². The molecule has 2 unspecified atom stereocenters. The number of aromatic nitrogens is 4. The predicted octanol–water partition coefficient (Wildman–Crippen LogP) is -9.59. The summed E-state index contributed by atoms with van der Waals surface area (Å²) in [5, 5.41) is 24.6. The Labute approximate surface area is 212 Å². The number of nitrogens with zero attached hydrogens (tertiary/aromatic N) is 3. The maximum absolute atomic E-state index is 12.4. The van der Waals surface area contributed by atoms with Crippen molar-refractivity contribution in [2.45, 2.75) is 24.5 Å². The standard InChI is InChI=1S/C10H14N5O14P3.2Li/c11-10-13-7-4(8(18)14-10)12-2-15(7)9-6(17)5(16)3(27-9)1-26-31(22,23)29-32(24,25)28-30(19,20)21;;/h2-3,5-6,9H,1H2,(H,22,23)(H,24,25)(H2,19,20,21)(H3,11,13,14,18);;/q-2;2*+1/t3-,5-,6-,9-;;/m1../s1. The van der Waals surface area contributed by atoms with Crippen molar-refractivity contribution in [2.75, 3.05) is 12.3 Å². The van der Waals surface area contributed by atoms with Gasteiger partial charge in [-0.15, -0.1) is 6.10 Å². The van der Waals surface area contributed by atoms with Crippen LogP contribution in [0.1, 0.15) is 6.23 Å². The quantitative estimate of drug-likeness (QED) is 0.135. The van der Waals surface area contributed by atoms with Gasteiger partial charge in [-0.25, -0.2) is 18.7 Å².